The van der Waals surface area contributed by atoms with Gasteiger partial charge in [-0.3, -0.25) is 4.79 Å². The quantitative estimate of drug-likeness (QED) is 0.884. The van der Waals surface area contributed by atoms with Gasteiger partial charge in [0.2, 0.25) is 0 Å². The summed E-state index contributed by atoms with van der Waals surface area (Å²) >= 11 is 1.65. The van der Waals surface area contributed by atoms with Crippen molar-refractivity contribution in [2.75, 3.05) is 43.1 Å². The number of carbonyl (C=O) groups excluding carboxylic acids is 1. The Morgan fingerprint density at radius 3 is 2.76 bits per heavy atom. The van der Waals surface area contributed by atoms with E-state index < -0.39 is 6.10 Å². The van der Waals surface area contributed by atoms with Crippen molar-refractivity contribution in [2.45, 2.75) is 19.4 Å². The lowest BCUT2D eigenvalue weighted by atomic mass is 10.2. The fourth-order valence-electron chi connectivity index (χ4n) is 2.51. The molecule has 1 amide bonds. The average molecular weight is 309 g/mol. The predicted octanol–water partition coefficient (Wildman–Crippen LogP) is 1.15. The number of thioether (sulfide) groups is 1. The molecule has 1 N–H and O–H groups in total. The maximum atomic E-state index is 12.1. The fourth-order valence-corrected chi connectivity index (χ4v) is 2.97. The number of piperazine rings is 1. The van der Waals surface area contributed by atoms with Crippen molar-refractivity contribution in [2.24, 2.45) is 0 Å². The van der Waals surface area contributed by atoms with Gasteiger partial charge in [-0.2, -0.15) is 11.8 Å². The van der Waals surface area contributed by atoms with Gasteiger partial charge in [0.25, 0.3) is 5.91 Å². The third kappa shape index (κ3) is 4.11. The molecule has 0 bridgehead atoms. The van der Waals surface area contributed by atoms with Gasteiger partial charge in [-0.05, 0) is 37.0 Å². The molecule has 6 heteroatoms. The maximum absolute atomic E-state index is 12.1. The molecule has 0 radical (unpaired) electrons. The lowest BCUT2D eigenvalue weighted by molar-refractivity contribution is -0.140. The molecule has 0 aromatic carbocycles. The fraction of sp³-hybridized carbons (Fsp3) is 0.600. The van der Waals surface area contributed by atoms with E-state index in [4.69, 9.17) is 0 Å². The molecule has 1 fully saturated rings. The Hall–Kier alpha value is -1.27. The van der Waals surface area contributed by atoms with Crippen LogP contribution in [-0.4, -0.2) is 65.2 Å². The van der Waals surface area contributed by atoms with E-state index in [-0.39, 0.29) is 5.91 Å². The summed E-state index contributed by atoms with van der Waals surface area (Å²) in [5.74, 6) is 1.66. The maximum Gasteiger partial charge on any atom is 0.251 e. The highest BCUT2D eigenvalue weighted by molar-refractivity contribution is 7.98. The predicted molar refractivity (Wildman–Crippen MR) is 86.8 cm³/mol. The summed E-state index contributed by atoms with van der Waals surface area (Å²) in [6, 6.07) is 3.98. The number of hydrogen-bond donors (Lipinski definition) is 1. The average Bonchev–Trinajstić information content (AvgIpc) is 2.52. The highest BCUT2D eigenvalue weighted by Gasteiger charge is 2.26. The van der Waals surface area contributed by atoms with Crippen molar-refractivity contribution in [3.05, 3.63) is 23.9 Å². The van der Waals surface area contributed by atoms with Crippen LogP contribution in [0.3, 0.4) is 0 Å². The van der Waals surface area contributed by atoms with E-state index in [0.717, 1.165) is 30.2 Å². The lowest BCUT2D eigenvalue weighted by Gasteiger charge is -2.36. The Morgan fingerprint density at radius 1 is 1.43 bits per heavy atom. The van der Waals surface area contributed by atoms with Crippen molar-refractivity contribution in [3.8, 4) is 0 Å². The number of hydrogen-bond acceptors (Lipinski definition) is 5. The molecule has 1 aliphatic rings. The molecular weight excluding hydrogens is 286 g/mol. The molecule has 2 rings (SSSR count). The third-order valence-corrected chi connectivity index (χ3v) is 4.40. The molecule has 1 aromatic rings. The van der Waals surface area contributed by atoms with Crippen molar-refractivity contribution in [1.82, 2.24) is 9.88 Å². The van der Waals surface area contributed by atoms with Gasteiger partial charge in [-0.25, -0.2) is 4.98 Å². The SMILES string of the molecule is CSCC[C@H](O)C(=O)N1CCN(c2ncccc2C)CC1. The van der Waals surface area contributed by atoms with E-state index in [2.05, 4.69) is 9.88 Å². The highest BCUT2D eigenvalue weighted by Crippen LogP contribution is 2.18. The summed E-state index contributed by atoms with van der Waals surface area (Å²) in [7, 11) is 0. The van der Waals surface area contributed by atoms with Crippen molar-refractivity contribution < 1.29 is 9.90 Å². The molecule has 0 spiro atoms. The molecule has 1 atom stereocenters. The number of carbonyl (C=O) groups is 1. The van der Waals surface area contributed by atoms with E-state index in [9.17, 15) is 9.90 Å². The minimum absolute atomic E-state index is 0.138. The molecule has 5 nitrogen and oxygen atoms in total. The van der Waals surface area contributed by atoms with Crippen LogP contribution < -0.4 is 4.90 Å². The summed E-state index contributed by atoms with van der Waals surface area (Å²) in [6.07, 6.45) is 3.44. The Balaban J connectivity index is 1.88. The van der Waals surface area contributed by atoms with Gasteiger partial charge in [0, 0.05) is 32.4 Å². The Bertz CT molecular complexity index is 476. The summed E-state index contributed by atoms with van der Waals surface area (Å²) in [5.41, 5.74) is 1.15. The smallest absolute Gasteiger partial charge is 0.251 e. The van der Waals surface area contributed by atoms with Gasteiger partial charge in [0.1, 0.15) is 11.9 Å². The number of anilines is 1. The number of pyridine rings is 1. The zero-order valence-corrected chi connectivity index (χ0v) is 13.5. The van der Waals surface area contributed by atoms with Gasteiger partial charge in [-0.15, -0.1) is 0 Å². The van der Waals surface area contributed by atoms with Crippen LogP contribution in [0.4, 0.5) is 5.82 Å². The van der Waals surface area contributed by atoms with Gasteiger partial charge >= 0.3 is 0 Å². The van der Waals surface area contributed by atoms with E-state index >= 15 is 0 Å². The second-order valence-electron chi connectivity index (χ2n) is 5.25. The minimum Gasteiger partial charge on any atom is -0.383 e. The molecule has 116 valence electrons. The van der Waals surface area contributed by atoms with Gasteiger partial charge < -0.3 is 14.9 Å². The molecule has 0 saturated carbocycles. The molecule has 1 aromatic heterocycles. The normalized spacial score (nSPS) is 16.9. The number of aromatic nitrogens is 1. The Labute approximate surface area is 130 Å². The first-order chi connectivity index (χ1) is 10.1. The zero-order chi connectivity index (χ0) is 15.2. The van der Waals surface area contributed by atoms with Crippen LogP contribution in [0.25, 0.3) is 0 Å². The Kier molecular flexibility index (Phi) is 5.87. The number of aryl methyl sites for hydroxylation is 1. The molecule has 0 unspecified atom stereocenters. The van der Waals surface area contributed by atoms with E-state index in [1.807, 2.05) is 25.3 Å². The number of aliphatic hydroxyl groups is 1. The topological polar surface area (TPSA) is 56.7 Å². The molecule has 0 aliphatic carbocycles. The van der Waals surface area contributed by atoms with Crippen molar-refractivity contribution in [1.29, 1.82) is 0 Å². The van der Waals surface area contributed by atoms with Crippen LogP contribution in [0.1, 0.15) is 12.0 Å². The minimum atomic E-state index is -0.861. The van der Waals surface area contributed by atoms with Gasteiger partial charge in [0.15, 0.2) is 0 Å². The first-order valence-electron chi connectivity index (χ1n) is 7.26. The van der Waals surface area contributed by atoms with Crippen LogP contribution in [0.5, 0.6) is 0 Å². The summed E-state index contributed by atoms with van der Waals surface area (Å²) in [6.45, 7) is 4.86. The van der Waals surface area contributed by atoms with Crippen LogP contribution in [0.2, 0.25) is 0 Å². The molecule has 2 heterocycles. The standard InChI is InChI=1S/C15H23N3O2S/c1-12-4-3-6-16-14(12)17-7-9-18(10-8-17)15(20)13(19)5-11-21-2/h3-4,6,13,19H,5,7-11H2,1-2H3/t13-/m0/s1. The number of amides is 1. The van der Waals surface area contributed by atoms with Crippen LogP contribution in [0, 0.1) is 6.92 Å². The Morgan fingerprint density at radius 2 is 2.14 bits per heavy atom. The van der Waals surface area contributed by atoms with Crippen LogP contribution in [-0.2, 0) is 4.79 Å². The second kappa shape index (κ2) is 7.66. The highest BCUT2D eigenvalue weighted by atomic mass is 32.2. The van der Waals surface area contributed by atoms with Gasteiger partial charge in [-0.1, -0.05) is 6.07 Å². The van der Waals surface area contributed by atoms with Crippen molar-refractivity contribution >= 4 is 23.5 Å². The first-order valence-corrected chi connectivity index (χ1v) is 8.65. The zero-order valence-electron chi connectivity index (χ0n) is 12.7. The molecular formula is C15H23N3O2S. The first kappa shape index (κ1) is 16.1. The molecule has 1 saturated heterocycles. The van der Waals surface area contributed by atoms with E-state index in [1.165, 1.54) is 0 Å². The van der Waals surface area contributed by atoms with Gasteiger partial charge in [0.05, 0.1) is 0 Å². The van der Waals surface area contributed by atoms with E-state index in [1.54, 1.807) is 22.9 Å². The monoisotopic (exact) mass is 309 g/mol. The summed E-state index contributed by atoms with van der Waals surface area (Å²) < 4.78 is 0. The van der Waals surface area contributed by atoms with Crippen LogP contribution in [0.15, 0.2) is 18.3 Å². The third-order valence-electron chi connectivity index (χ3n) is 3.75. The molecule has 21 heavy (non-hydrogen) atoms. The largest absolute Gasteiger partial charge is 0.383 e. The number of aliphatic hydroxyl groups excluding tert-OH is 1. The number of nitrogens with zero attached hydrogens (tertiary/aromatic N) is 3. The summed E-state index contributed by atoms with van der Waals surface area (Å²) in [5, 5.41) is 9.90. The van der Waals surface area contributed by atoms with Crippen LogP contribution >= 0.6 is 11.8 Å². The van der Waals surface area contributed by atoms with E-state index in [0.29, 0.717) is 19.5 Å². The second-order valence-corrected chi connectivity index (χ2v) is 6.24. The van der Waals surface area contributed by atoms with Crippen molar-refractivity contribution in [3.63, 3.8) is 0 Å². The summed E-state index contributed by atoms with van der Waals surface area (Å²) in [4.78, 5) is 20.5. The number of rotatable bonds is 5. The lowest BCUT2D eigenvalue weighted by Crippen LogP contribution is -2.52. The molecule has 1 aliphatic heterocycles.